The minimum atomic E-state index is -0.366. The number of carbonyl (C=O) groups excluding carboxylic acids is 2. The van der Waals surface area contributed by atoms with E-state index in [9.17, 15) is 9.59 Å². The van der Waals surface area contributed by atoms with Crippen LogP contribution in [0.5, 0.6) is 0 Å². The van der Waals surface area contributed by atoms with Gasteiger partial charge in [-0.1, -0.05) is 12.1 Å². The van der Waals surface area contributed by atoms with Crippen molar-refractivity contribution in [3.63, 3.8) is 0 Å². The Balaban J connectivity index is 1.11. The monoisotopic (exact) mass is 491 g/mol. The molecule has 2 N–H and O–H groups in total. The quantitative estimate of drug-likeness (QED) is 0.458. The van der Waals surface area contributed by atoms with Gasteiger partial charge in [-0.25, -0.2) is 9.97 Å². The first kappa shape index (κ1) is 22.9. The van der Waals surface area contributed by atoms with E-state index < -0.39 is 0 Å². The summed E-state index contributed by atoms with van der Waals surface area (Å²) in [5.41, 5.74) is 2.77. The molecule has 0 spiro atoms. The number of carbonyl (C=O) groups is 2. The molecule has 1 saturated heterocycles. The third kappa shape index (κ3) is 5.78. The predicted molar refractivity (Wildman–Crippen MR) is 135 cm³/mol. The largest absolute Gasteiger partial charge is 0.308 e. The zero-order valence-corrected chi connectivity index (χ0v) is 20.2. The standard InChI is InChI=1S/C25H25N5O2S2/c31-24-22(34-25(32)30-24)14-18-10-11-26-23(29-18)13-16-6-8-17(9-7-16)27-15-19-3-1-4-20(28-19)21-5-2-12-33-21/h1-5,10-12,14,16-17,27H,6-9,13,15H2,(H,30,31,32)/b22-14-. The van der Waals surface area contributed by atoms with Gasteiger partial charge in [0.15, 0.2) is 0 Å². The second-order valence-corrected chi connectivity index (χ2v) is 10.5. The van der Waals surface area contributed by atoms with E-state index in [2.05, 4.69) is 56.3 Å². The Labute approximate surface area is 206 Å². The van der Waals surface area contributed by atoms with Crippen molar-refractivity contribution in [2.24, 2.45) is 5.92 Å². The fraction of sp³-hybridized carbons (Fsp3) is 0.320. The Hall–Kier alpha value is -2.88. The van der Waals surface area contributed by atoms with E-state index in [1.165, 1.54) is 4.88 Å². The third-order valence-electron chi connectivity index (χ3n) is 6.12. The average Bonchev–Trinajstić information content (AvgIpc) is 3.49. The number of thioether (sulfide) groups is 1. The molecular weight excluding hydrogens is 466 g/mol. The molecule has 1 saturated carbocycles. The number of pyridine rings is 1. The number of hydrogen-bond acceptors (Lipinski definition) is 8. The van der Waals surface area contributed by atoms with E-state index in [1.807, 2.05) is 0 Å². The van der Waals surface area contributed by atoms with Crippen molar-refractivity contribution >= 4 is 40.3 Å². The molecule has 4 heterocycles. The van der Waals surface area contributed by atoms with E-state index in [-0.39, 0.29) is 11.1 Å². The van der Waals surface area contributed by atoms with Crippen LogP contribution in [-0.4, -0.2) is 32.1 Å². The summed E-state index contributed by atoms with van der Waals surface area (Å²) in [5.74, 6) is 0.969. The first-order valence-corrected chi connectivity index (χ1v) is 13.1. The molecule has 0 bridgehead atoms. The fourth-order valence-electron chi connectivity index (χ4n) is 4.37. The molecule has 3 aromatic rings. The van der Waals surface area contributed by atoms with Crippen LogP contribution in [0.3, 0.4) is 0 Å². The van der Waals surface area contributed by atoms with E-state index in [1.54, 1.807) is 29.7 Å². The SMILES string of the molecule is O=C1NC(=O)/C(=C/c2ccnc(CC3CCC(NCc4cccc(-c5cccs5)n4)CC3)n2)S1. The number of hydrogen-bond donors (Lipinski definition) is 2. The molecular formula is C25H25N5O2S2. The van der Waals surface area contributed by atoms with Crippen molar-refractivity contribution in [2.75, 3.05) is 0 Å². The molecule has 0 radical (unpaired) electrons. The highest BCUT2D eigenvalue weighted by Gasteiger charge is 2.25. The molecule has 1 aliphatic carbocycles. The number of thiophene rings is 1. The van der Waals surface area contributed by atoms with Crippen molar-refractivity contribution in [3.05, 3.63) is 70.1 Å². The zero-order chi connectivity index (χ0) is 23.3. The summed E-state index contributed by atoms with van der Waals surface area (Å²) >= 11 is 2.62. The van der Waals surface area contributed by atoms with Crippen LogP contribution in [0, 0.1) is 5.92 Å². The van der Waals surface area contributed by atoms with Gasteiger partial charge >= 0.3 is 0 Å². The lowest BCUT2D eigenvalue weighted by Gasteiger charge is -2.29. The molecule has 0 aromatic carbocycles. The lowest BCUT2D eigenvalue weighted by molar-refractivity contribution is -0.115. The van der Waals surface area contributed by atoms with Gasteiger partial charge in [-0.2, -0.15) is 0 Å². The molecule has 2 amide bonds. The number of aromatic nitrogens is 3. The number of imide groups is 1. The fourth-order valence-corrected chi connectivity index (χ4v) is 5.73. The maximum Gasteiger partial charge on any atom is 0.290 e. The molecule has 9 heteroatoms. The van der Waals surface area contributed by atoms with Gasteiger partial charge in [-0.3, -0.25) is 19.9 Å². The van der Waals surface area contributed by atoms with Crippen LogP contribution >= 0.6 is 23.1 Å². The minimum Gasteiger partial charge on any atom is -0.308 e. The highest BCUT2D eigenvalue weighted by atomic mass is 32.2. The normalized spacial score (nSPS) is 21.7. The van der Waals surface area contributed by atoms with Gasteiger partial charge < -0.3 is 5.32 Å². The van der Waals surface area contributed by atoms with Gasteiger partial charge in [0.1, 0.15) is 5.82 Å². The van der Waals surface area contributed by atoms with Gasteiger partial charge in [0, 0.05) is 25.2 Å². The van der Waals surface area contributed by atoms with Crippen LogP contribution in [0.4, 0.5) is 4.79 Å². The smallest absolute Gasteiger partial charge is 0.290 e. The first-order chi connectivity index (χ1) is 16.6. The van der Waals surface area contributed by atoms with E-state index in [4.69, 9.17) is 4.98 Å². The topological polar surface area (TPSA) is 96.9 Å². The Morgan fingerprint density at radius 2 is 1.94 bits per heavy atom. The molecule has 34 heavy (non-hydrogen) atoms. The number of nitrogens with zero attached hydrogens (tertiary/aromatic N) is 3. The summed E-state index contributed by atoms with van der Waals surface area (Å²) < 4.78 is 0. The van der Waals surface area contributed by atoms with Crippen LogP contribution in [-0.2, 0) is 17.8 Å². The van der Waals surface area contributed by atoms with Gasteiger partial charge in [0.2, 0.25) is 0 Å². The molecule has 7 nitrogen and oxygen atoms in total. The number of nitrogens with one attached hydrogen (secondary N) is 2. The lowest BCUT2D eigenvalue weighted by Crippen LogP contribution is -2.33. The predicted octanol–water partition coefficient (Wildman–Crippen LogP) is 4.82. The Bertz CT molecular complexity index is 1200. The van der Waals surface area contributed by atoms with Gasteiger partial charge in [0.05, 0.1) is 26.9 Å². The van der Waals surface area contributed by atoms with Crippen LogP contribution in [0.2, 0.25) is 0 Å². The van der Waals surface area contributed by atoms with Crippen molar-refractivity contribution in [2.45, 2.75) is 44.7 Å². The highest BCUT2D eigenvalue weighted by molar-refractivity contribution is 8.18. The first-order valence-electron chi connectivity index (χ1n) is 11.4. The summed E-state index contributed by atoms with van der Waals surface area (Å²) in [6.07, 6.45) is 8.70. The molecule has 1 aliphatic heterocycles. The molecule has 2 fully saturated rings. The Morgan fingerprint density at radius 1 is 1.06 bits per heavy atom. The second-order valence-electron chi connectivity index (χ2n) is 8.54. The molecule has 5 rings (SSSR count). The van der Waals surface area contributed by atoms with Crippen molar-refractivity contribution in [3.8, 4) is 10.6 Å². The average molecular weight is 492 g/mol. The van der Waals surface area contributed by atoms with Gasteiger partial charge in [-0.05, 0) is 79.1 Å². The number of rotatable bonds is 7. The summed E-state index contributed by atoms with van der Waals surface area (Å²) in [7, 11) is 0. The van der Waals surface area contributed by atoms with Crippen molar-refractivity contribution in [1.29, 1.82) is 0 Å². The number of amides is 2. The molecule has 0 atom stereocenters. The highest BCUT2D eigenvalue weighted by Crippen LogP contribution is 2.28. The Morgan fingerprint density at radius 3 is 2.71 bits per heavy atom. The Kier molecular flexibility index (Phi) is 7.13. The summed E-state index contributed by atoms with van der Waals surface area (Å²) in [6.45, 7) is 0.780. The summed E-state index contributed by atoms with van der Waals surface area (Å²) in [4.78, 5) is 38.5. The van der Waals surface area contributed by atoms with Crippen molar-refractivity contribution < 1.29 is 9.59 Å². The van der Waals surface area contributed by atoms with Crippen LogP contribution in [0.1, 0.15) is 42.9 Å². The molecule has 174 valence electrons. The summed E-state index contributed by atoms with van der Waals surface area (Å²) in [6, 6.07) is 12.6. The summed E-state index contributed by atoms with van der Waals surface area (Å²) in [5, 5.41) is 7.68. The van der Waals surface area contributed by atoms with Gasteiger partial charge in [0.25, 0.3) is 11.1 Å². The van der Waals surface area contributed by atoms with E-state index >= 15 is 0 Å². The molecule has 0 unspecified atom stereocenters. The third-order valence-corrected chi connectivity index (χ3v) is 7.82. The lowest BCUT2D eigenvalue weighted by atomic mass is 9.84. The maximum atomic E-state index is 11.8. The second kappa shape index (κ2) is 10.6. The van der Waals surface area contributed by atoms with Crippen LogP contribution < -0.4 is 10.6 Å². The van der Waals surface area contributed by atoms with Crippen LogP contribution in [0.25, 0.3) is 16.6 Å². The maximum absolute atomic E-state index is 11.8. The van der Waals surface area contributed by atoms with E-state index in [0.29, 0.717) is 22.6 Å². The minimum absolute atomic E-state index is 0.345. The van der Waals surface area contributed by atoms with Crippen LogP contribution in [0.15, 0.2) is 52.9 Å². The molecule has 3 aromatic heterocycles. The molecule has 2 aliphatic rings. The van der Waals surface area contributed by atoms with Crippen molar-refractivity contribution in [1.82, 2.24) is 25.6 Å². The zero-order valence-electron chi connectivity index (χ0n) is 18.6. The van der Waals surface area contributed by atoms with Gasteiger partial charge in [-0.15, -0.1) is 11.3 Å². The van der Waals surface area contributed by atoms with E-state index in [0.717, 1.165) is 67.6 Å².